The Kier molecular flexibility index (Phi) is 17.9. The van der Waals surface area contributed by atoms with Crippen LogP contribution in [0.5, 0.6) is 5.75 Å². The Morgan fingerprint density at radius 1 is 1.10 bits per heavy atom. The standard InChI is InChI=1S/C39H44F2N11O16P3S/c1-24(8-9-29-10-11-30-18-33-25(2)16-26(3)51(33)72(40,41)52(29)30)6-4-14-62-31-12-13-32(28(17-31)20-45-48-43)38(53)63-15-5-7-27-21-50(39(54)47-37(27)42)36-19-34(64-23-46-49-44)35(66-36)22-65-70(58,59)68-71(60,61)67-69(55,56)57/h10-13,16-18,21,34-36H,1,4,6,8-9,14-15,19-20,22-23H2,2-3H3,(H5-,42,47,54,55,56,57,58,59,60,61)/p+1/t34?,35-,36-/m1/s1. The fourth-order valence-electron chi connectivity index (χ4n) is 7.48. The fourth-order valence-corrected chi connectivity index (χ4v) is 12.3. The first-order chi connectivity index (χ1) is 33.9. The van der Waals surface area contributed by atoms with Gasteiger partial charge in [-0.15, -0.1) is 0 Å². The molecule has 5 heterocycles. The topological polar surface area (TPSA) is 380 Å². The number of phosphoric acid groups is 3. The van der Waals surface area contributed by atoms with Gasteiger partial charge in [-0.3, -0.25) is 9.09 Å². The van der Waals surface area contributed by atoms with Crippen LogP contribution in [0.4, 0.5) is 13.6 Å². The number of azide groups is 2. The number of nitrogens with two attached hydrogens (primary N) is 1. The van der Waals surface area contributed by atoms with Gasteiger partial charge in [0.05, 0.1) is 42.7 Å². The van der Waals surface area contributed by atoms with Crippen molar-refractivity contribution in [2.45, 2.75) is 70.9 Å². The molecule has 6 N–H and O–H groups in total. The highest BCUT2D eigenvalue weighted by molar-refractivity contribution is 8.18. The predicted molar refractivity (Wildman–Crippen MR) is 251 cm³/mol. The number of carbonyl (C=O) groups excluding carboxylic acids is 1. The zero-order chi connectivity index (χ0) is 52.6. The van der Waals surface area contributed by atoms with Crippen molar-refractivity contribution in [3.8, 4) is 17.6 Å². The van der Waals surface area contributed by atoms with E-state index in [-0.39, 0.29) is 42.1 Å². The van der Waals surface area contributed by atoms with Gasteiger partial charge in [-0.1, -0.05) is 46.0 Å². The second-order valence-corrected chi connectivity index (χ2v) is 21.6. The molecule has 0 saturated carbocycles. The van der Waals surface area contributed by atoms with Gasteiger partial charge in [-0.05, 0) is 79.6 Å². The lowest BCUT2D eigenvalue weighted by Gasteiger charge is -2.25. The zero-order valence-electron chi connectivity index (χ0n) is 37.9. The second kappa shape index (κ2) is 23.3. The first-order valence-electron chi connectivity index (χ1n) is 20.9. The Bertz CT molecular complexity index is 3120. The Labute approximate surface area is 409 Å². The molecule has 3 unspecified atom stereocenters. The van der Waals surface area contributed by atoms with Gasteiger partial charge in [0, 0.05) is 52.8 Å². The Morgan fingerprint density at radius 2 is 1.85 bits per heavy atom. The SMILES string of the molecule is C=C(CCCOc1ccc(C(=O)OCC#Cc2cn([C@H]3CC(OCN=[N+]=[N-])[C@@H](COP(=O)(O)OP(=O)(O)OP(=O)(O)O)O3)c(=O)nc2N)c(CN=[N+]=[N-])c1)CCC1=[N+]2C(=Cc3c(C)cc(C)n3S2(F)F)C=C1. The molecule has 5 atom stereocenters. The smallest absolute Gasteiger partial charge is 0.490 e. The number of nitrogens with zero attached hydrogens (tertiary/aromatic N) is 10. The molecule has 0 spiro atoms. The number of aromatic nitrogens is 3. The minimum Gasteiger partial charge on any atom is -0.494 e. The Hall–Kier alpha value is -5.94. The summed E-state index contributed by atoms with van der Waals surface area (Å²) in [6.45, 7) is 5.55. The van der Waals surface area contributed by atoms with Crippen LogP contribution in [0.2, 0.25) is 0 Å². The van der Waals surface area contributed by atoms with Crippen LogP contribution in [-0.4, -0.2) is 87.5 Å². The lowest BCUT2D eigenvalue weighted by atomic mass is 10.0. The van der Waals surface area contributed by atoms with Crippen LogP contribution in [0.1, 0.15) is 76.8 Å². The highest BCUT2D eigenvalue weighted by Gasteiger charge is 2.50. The third-order valence-electron chi connectivity index (χ3n) is 10.5. The Balaban J connectivity index is 1.02. The number of hydrogen-bond acceptors (Lipinski definition) is 16. The number of hydrogen-bond donors (Lipinski definition) is 5. The zero-order valence-corrected chi connectivity index (χ0v) is 41.4. The van der Waals surface area contributed by atoms with Crippen molar-refractivity contribution in [1.82, 2.24) is 13.5 Å². The van der Waals surface area contributed by atoms with Crippen LogP contribution in [0, 0.1) is 25.7 Å². The van der Waals surface area contributed by atoms with E-state index in [1.165, 1.54) is 18.2 Å². The highest BCUT2D eigenvalue weighted by Crippen LogP contribution is 2.66. The van der Waals surface area contributed by atoms with Gasteiger partial charge in [0.2, 0.25) is 11.4 Å². The molecule has 27 nitrogen and oxygen atoms in total. The summed E-state index contributed by atoms with van der Waals surface area (Å²) >= 11 is -4.33. The third kappa shape index (κ3) is 14.2. The summed E-state index contributed by atoms with van der Waals surface area (Å²) in [6.07, 6.45) is 4.23. The van der Waals surface area contributed by atoms with E-state index in [2.05, 4.69) is 56.6 Å². The number of aryl methyl sites for hydroxylation is 2. The lowest BCUT2D eigenvalue weighted by Crippen LogP contribution is -2.29. The number of anilines is 1. The van der Waals surface area contributed by atoms with E-state index in [9.17, 15) is 33.1 Å². The van der Waals surface area contributed by atoms with Crippen molar-refractivity contribution >= 4 is 58.2 Å². The molecular formula is C39H45F2N11O16P3S+. The lowest BCUT2D eigenvalue weighted by molar-refractivity contribution is -0.302. The first kappa shape index (κ1) is 55.4. The number of allylic oxidation sites excluding steroid dienone is 3. The highest BCUT2D eigenvalue weighted by atomic mass is 32.3. The van der Waals surface area contributed by atoms with E-state index in [4.69, 9.17) is 45.5 Å². The molecule has 3 aromatic rings. The molecule has 2 aromatic heterocycles. The van der Waals surface area contributed by atoms with Gasteiger partial charge in [-0.2, -0.15) is 13.6 Å². The van der Waals surface area contributed by atoms with Crippen LogP contribution in [0.25, 0.3) is 27.0 Å². The summed E-state index contributed by atoms with van der Waals surface area (Å²) in [5.74, 6) is 4.37. The van der Waals surface area contributed by atoms with Crippen molar-refractivity contribution < 1.29 is 81.9 Å². The van der Waals surface area contributed by atoms with Gasteiger partial charge in [-0.25, -0.2) is 27.3 Å². The number of halogens is 2. The minimum absolute atomic E-state index is 0.0358. The maximum absolute atomic E-state index is 15.8. The van der Waals surface area contributed by atoms with E-state index in [1.54, 1.807) is 31.2 Å². The minimum atomic E-state index is -5.85. The molecule has 1 fully saturated rings. The summed E-state index contributed by atoms with van der Waals surface area (Å²) in [4.78, 5) is 72.0. The first-order valence-corrected chi connectivity index (χ1v) is 26.8. The molecule has 3 aliphatic rings. The normalized spacial score (nSPS) is 19.8. The van der Waals surface area contributed by atoms with Crippen LogP contribution >= 0.6 is 34.6 Å². The van der Waals surface area contributed by atoms with Gasteiger partial charge >= 0.3 is 46.3 Å². The maximum atomic E-state index is 15.8. The average molecular weight is 1090 g/mol. The van der Waals surface area contributed by atoms with Crippen LogP contribution in [0.15, 0.2) is 75.5 Å². The maximum Gasteiger partial charge on any atom is 0.490 e. The van der Waals surface area contributed by atoms with Crippen LogP contribution in [-0.2, 0) is 47.6 Å². The van der Waals surface area contributed by atoms with Crippen molar-refractivity contribution in [1.29, 1.82) is 0 Å². The number of benzene rings is 1. The van der Waals surface area contributed by atoms with E-state index in [0.29, 0.717) is 54.2 Å². The van der Waals surface area contributed by atoms with E-state index in [1.807, 2.05) is 6.92 Å². The molecule has 33 heteroatoms. The number of esters is 1. The van der Waals surface area contributed by atoms with Crippen molar-refractivity contribution in [2.24, 2.45) is 10.2 Å². The molecule has 0 aliphatic carbocycles. The number of nitrogen functional groups attached to an aromatic ring is 1. The molecular weight excluding hydrogens is 1040 g/mol. The molecule has 0 radical (unpaired) electrons. The number of fused-ring (bicyclic) bond motifs is 2. The monoisotopic (exact) mass is 1090 g/mol. The molecule has 1 aromatic carbocycles. The van der Waals surface area contributed by atoms with Crippen molar-refractivity contribution in [3.63, 3.8) is 0 Å². The third-order valence-corrected chi connectivity index (χ3v) is 16.1. The molecule has 3 aliphatic heterocycles. The molecule has 1 saturated heterocycles. The summed E-state index contributed by atoms with van der Waals surface area (Å²) in [5, 5.41) is 6.78. The summed E-state index contributed by atoms with van der Waals surface area (Å²) in [5.41, 5.74) is 26.5. The van der Waals surface area contributed by atoms with Gasteiger partial charge in [0.1, 0.15) is 30.6 Å². The second-order valence-electron chi connectivity index (χ2n) is 15.6. The largest absolute Gasteiger partial charge is 0.494 e. The summed E-state index contributed by atoms with van der Waals surface area (Å²) in [7, 11) is -17.1. The number of ether oxygens (including phenoxy) is 4. The fraction of sp³-hybridized carbons (Fsp3) is 0.385. The van der Waals surface area contributed by atoms with E-state index < -0.39 is 84.7 Å². The molecule has 0 amide bonds. The summed E-state index contributed by atoms with van der Waals surface area (Å²) in [6, 6.07) is 6.20. The van der Waals surface area contributed by atoms with E-state index in [0.717, 1.165) is 29.9 Å². The quantitative estimate of drug-likeness (QED) is 0.00711. The average Bonchev–Trinajstić information content (AvgIpc) is 3.98. The van der Waals surface area contributed by atoms with Crippen molar-refractivity contribution in [2.75, 3.05) is 32.3 Å². The van der Waals surface area contributed by atoms with Gasteiger partial charge in [0.25, 0.3) is 0 Å². The number of carbonyl (C=O) groups is 1. The molecule has 0 bridgehead atoms. The van der Waals surface area contributed by atoms with E-state index >= 15 is 7.77 Å². The Morgan fingerprint density at radius 3 is 2.57 bits per heavy atom. The number of phosphoric ester groups is 1. The number of rotatable bonds is 23. The molecule has 72 heavy (non-hydrogen) atoms. The molecule has 6 rings (SSSR count). The van der Waals surface area contributed by atoms with Gasteiger partial charge in [0.15, 0.2) is 6.61 Å². The molecule has 386 valence electrons. The summed E-state index contributed by atoms with van der Waals surface area (Å²) < 4.78 is 104. The predicted octanol–water partition coefficient (Wildman–Crippen LogP) is 7.37. The van der Waals surface area contributed by atoms with Crippen LogP contribution < -0.4 is 16.2 Å². The van der Waals surface area contributed by atoms with Crippen LogP contribution in [0.3, 0.4) is 0 Å². The van der Waals surface area contributed by atoms with Crippen molar-refractivity contribution in [3.05, 3.63) is 125 Å². The van der Waals surface area contributed by atoms with Gasteiger partial charge < -0.3 is 44.3 Å².